The number of hydrogen-bond donors (Lipinski definition) is 1. The molecule has 0 spiro atoms. The number of nitrogens with zero attached hydrogens (tertiary/aromatic N) is 3. The van der Waals surface area contributed by atoms with Crippen LogP contribution in [-0.2, 0) is 9.59 Å². The van der Waals surface area contributed by atoms with Crippen molar-refractivity contribution in [2.24, 2.45) is 5.92 Å². The number of carboxylic acid groups (broad SMARTS) is 1. The lowest BCUT2D eigenvalue weighted by Gasteiger charge is -2.41. The third kappa shape index (κ3) is 3.82. The van der Waals surface area contributed by atoms with E-state index < -0.39 is 11.9 Å². The SMILES string of the molecule is CC(=O)N1C[C@H](C(=O)O)CN2CCN(C(=O)c3ccccc3)C[C@@H]2C1. The summed E-state index contributed by atoms with van der Waals surface area (Å²) in [6.07, 6.45) is 0. The first-order chi connectivity index (χ1) is 12.0. The van der Waals surface area contributed by atoms with Gasteiger partial charge in [-0.25, -0.2) is 0 Å². The number of amides is 2. The molecule has 7 heteroatoms. The molecule has 0 bridgehead atoms. The summed E-state index contributed by atoms with van der Waals surface area (Å²) >= 11 is 0. The van der Waals surface area contributed by atoms with Crippen molar-refractivity contribution in [3.05, 3.63) is 35.9 Å². The Hall–Kier alpha value is -2.41. The Labute approximate surface area is 146 Å². The highest BCUT2D eigenvalue weighted by molar-refractivity contribution is 5.94. The summed E-state index contributed by atoms with van der Waals surface area (Å²) < 4.78 is 0. The monoisotopic (exact) mass is 345 g/mol. The zero-order chi connectivity index (χ0) is 18.0. The fraction of sp³-hybridized carbons (Fsp3) is 0.500. The van der Waals surface area contributed by atoms with Crippen molar-refractivity contribution >= 4 is 17.8 Å². The summed E-state index contributed by atoms with van der Waals surface area (Å²) in [5.41, 5.74) is 0.649. The van der Waals surface area contributed by atoms with Gasteiger partial charge in [0.15, 0.2) is 0 Å². The number of hydrogen-bond acceptors (Lipinski definition) is 4. The molecule has 7 nitrogen and oxygen atoms in total. The van der Waals surface area contributed by atoms with Gasteiger partial charge in [-0.1, -0.05) is 18.2 Å². The Morgan fingerprint density at radius 1 is 0.960 bits per heavy atom. The number of benzene rings is 1. The summed E-state index contributed by atoms with van der Waals surface area (Å²) in [5, 5.41) is 9.41. The minimum atomic E-state index is -0.880. The highest BCUT2D eigenvalue weighted by atomic mass is 16.4. The van der Waals surface area contributed by atoms with Crippen LogP contribution in [0.3, 0.4) is 0 Å². The molecule has 0 aromatic heterocycles. The Morgan fingerprint density at radius 2 is 1.64 bits per heavy atom. The highest BCUT2D eigenvalue weighted by Crippen LogP contribution is 2.20. The Balaban J connectivity index is 1.75. The van der Waals surface area contributed by atoms with Crippen LogP contribution in [0.25, 0.3) is 0 Å². The molecule has 2 amide bonds. The van der Waals surface area contributed by atoms with Crippen molar-refractivity contribution in [3.8, 4) is 0 Å². The second-order valence-corrected chi connectivity index (χ2v) is 6.73. The van der Waals surface area contributed by atoms with Crippen molar-refractivity contribution < 1.29 is 19.5 Å². The fourth-order valence-corrected chi connectivity index (χ4v) is 3.60. The summed E-state index contributed by atoms with van der Waals surface area (Å²) in [7, 11) is 0. The molecule has 0 aliphatic carbocycles. The molecular weight excluding hydrogens is 322 g/mol. The zero-order valence-corrected chi connectivity index (χ0v) is 14.3. The molecule has 0 saturated carbocycles. The van der Waals surface area contributed by atoms with E-state index in [1.165, 1.54) is 6.92 Å². The number of aliphatic carboxylic acids is 1. The minimum absolute atomic E-state index is 0.0198. The lowest BCUT2D eigenvalue weighted by Crippen LogP contribution is -2.57. The van der Waals surface area contributed by atoms with Crippen molar-refractivity contribution in [3.63, 3.8) is 0 Å². The molecule has 2 aliphatic rings. The molecule has 1 N–H and O–H groups in total. The molecular formula is C18H23N3O4. The van der Waals surface area contributed by atoms with Gasteiger partial charge in [-0.05, 0) is 12.1 Å². The predicted molar refractivity (Wildman–Crippen MR) is 91.1 cm³/mol. The van der Waals surface area contributed by atoms with Gasteiger partial charge in [0.2, 0.25) is 5.91 Å². The molecule has 3 rings (SSSR count). The second-order valence-electron chi connectivity index (χ2n) is 6.73. The van der Waals surface area contributed by atoms with Gasteiger partial charge in [0.1, 0.15) is 0 Å². The molecule has 0 radical (unpaired) electrons. The molecule has 1 aromatic rings. The number of carbonyl (C=O) groups is 3. The third-order valence-corrected chi connectivity index (χ3v) is 5.03. The number of fused-ring (bicyclic) bond motifs is 1. The summed E-state index contributed by atoms with van der Waals surface area (Å²) in [6.45, 7) is 4.25. The topological polar surface area (TPSA) is 81.2 Å². The quantitative estimate of drug-likeness (QED) is 0.838. The first kappa shape index (κ1) is 17.4. The standard InChI is InChI=1S/C18H23N3O4/c1-13(22)21-10-15(18(24)25)9-19-7-8-20(11-16(19)12-21)17(23)14-5-3-2-4-6-14/h2-6,15-16H,7-12H2,1H3,(H,24,25)/t15-,16-/m1/s1. The van der Waals surface area contributed by atoms with E-state index in [1.54, 1.807) is 21.9 Å². The maximum Gasteiger partial charge on any atom is 0.309 e. The third-order valence-electron chi connectivity index (χ3n) is 5.03. The molecule has 2 heterocycles. The normalized spacial score (nSPS) is 24.4. The van der Waals surface area contributed by atoms with E-state index in [1.807, 2.05) is 18.2 Å². The van der Waals surface area contributed by atoms with Crippen LogP contribution in [0.2, 0.25) is 0 Å². The minimum Gasteiger partial charge on any atom is -0.481 e. The van der Waals surface area contributed by atoms with Crippen LogP contribution in [0, 0.1) is 5.92 Å². The lowest BCUT2D eigenvalue weighted by molar-refractivity contribution is -0.143. The number of carboxylic acids is 1. The lowest BCUT2D eigenvalue weighted by atomic mass is 10.1. The van der Waals surface area contributed by atoms with E-state index >= 15 is 0 Å². The Kier molecular flexibility index (Phi) is 5.03. The van der Waals surface area contributed by atoms with Crippen LogP contribution in [0.5, 0.6) is 0 Å². The van der Waals surface area contributed by atoms with Gasteiger partial charge in [0, 0.05) is 57.8 Å². The van der Waals surface area contributed by atoms with Gasteiger partial charge in [-0.2, -0.15) is 0 Å². The van der Waals surface area contributed by atoms with Crippen LogP contribution in [0.4, 0.5) is 0 Å². The van der Waals surface area contributed by atoms with E-state index in [9.17, 15) is 19.5 Å². The molecule has 0 unspecified atom stereocenters. The van der Waals surface area contributed by atoms with Gasteiger partial charge < -0.3 is 14.9 Å². The average Bonchev–Trinajstić information content (AvgIpc) is 2.81. The summed E-state index contributed by atoms with van der Waals surface area (Å²) in [6, 6.07) is 9.11. The van der Waals surface area contributed by atoms with Gasteiger partial charge in [-0.15, -0.1) is 0 Å². The second kappa shape index (κ2) is 7.23. The Bertz CT molecular complexity index is 664. The molecule has 25 heavy (non-hydrogen) atoms. The molecule has 2 aliphatic heterocycles. The maximum atomic E-state index is 12.7. The largest absolute Gasteiger partial charge is 0.481 e. The molecule has 1 aromatic carbocycles. The zero-order valence-electron chi connectivity index (χ0n) is 14.3. The summed E-state index contributed by atoms with van der Waals surface area (Å²) in [4.78, 5) is 41.5. The first-order valence-corrected chi connectivity index (χ1v) is 8.52. The van der Waals surface area contributed by atoms with Crippen molar-refractivity contribution in [1.82, 2.24) is 14.7 Å². The fourth-order valence-electron chi connectivity index (χ4n) is 3.60. The van der Waals surface area contributed by atoms with Crippen LogP contribution >= 0.6 is 0 Å². The molecule has 2 atom stereocenters. The van der Waals surface area contributed by atoms with E-state index in [-0.39, 0.29) is 24.4 Å². The van der Waals surface area contributed by atoms with E-state index in [0.717, 1.165) is 0 Å². The average molecular weight is 345 g/mol. The summed E-state index contributed by atoms with van der Waals surface area (Å²) in [5.74, 6) is -1.62. The van der Waals surface area contributed by atoms with Gasteiger partial charge in [0.25, 0.3) is 5.91 Å². The van der Waals surface area contributed by atoms with Crippen LogP contribution in [-0.4, -0.2) is 82.9 Å². The van der Waals surface area contributed by atoms with Gasteiger partial charge in [-0.3, -0.25) is 19.3 Å². The van der Waals surface area contributed by atoms with Crippen LogP contribution in [0.15, 0.2) is 30.3 Å². The number of carbonyl (C=O) groups excluding carboxylic acids is 2. The van der Waals surface area contributed by atoms with Crippen LogP contribution < -0.4 is 0 Å². The van der Waals surface area contributed by atoms with E-state index in [2.05, 4.69) is 4.90 Å². The molecule has 134 valence electrons. The van der Waals surface area contributed by atoms with Gasteiger partial charge >= 0.3 is 5.97 Å². The number of piperazine rings is 1. The molecule has 2 saturated heterocycles. The van der Waals surface area contributed by atoms with E-state index in [4.69, 9.17) is 0 Å². The maximum absolute atomic E-state index is 12.7. The smallest absolute Gasteiger partial charge is 0.309 e. The van der Waals surface area contributed by atoms with Crippen molar-refractivity contribution in [2.75, 3.05) is 39.3 Å². The van der Waals surface area contributed by atoms with Crippen molar-refractivity contribution in [2.45, 2.75) is 13.0 Å². The van der Waals surface area contributed by atoms with E-state index in [0.29, 0.717) is 38.3 Å². The van der Waals surface area contributed by atoms with Crippen LogP contribution in [0.1, 0.15) is 17.3 Å². The van der Waals surface area contributed by atoms with Crippen molar-refractivity contribution in [1.29, 1.82) is 0 Å². The molecule has 2 fully saturated rings. The highest BCUT2D eigenvalue weighted by Gasteiger charge is 2.38. The first-order valence-electron chi connectivity index (χ1n) is 8.52. The predicted octanol–water partition coefficient (Wildman–Crippen LogP) is 0.376. The van der Waals surface area contributed by atoms with Gasteiger partial charge in [0.05, 0.1) is 5.92 Å². The number of rotatable bonds is 2. The Morgan fingerprint density at radius 3 is 2.28 bits per heavy atom.